The Morgan fingerprint density at radius 1 is 1.53 bits per heavy atom. The average Bonchev–Trinajstić information content (AvgIpc) is 3.33. The molecule has 4 rings (SSSR count). The topological polar surface area (TPSA) is 151 Å². The molecule has 3 aliphatic rings. The predicted molar refractivity (Wildman–Crippen MR) is 124 cm³/mol. The number of oxime groups is 1. The van der Waals surface area contributed by atoms with E-state index in [1.54, 1.807) is 5.38 Å². The van der Waals surface area contributed by atoms with Crippen LogP contribution in [0.15, 0.2) is 21.8 Å². The fraction of sp³-hybridized carbons (Fsp3) is 0.526. The number of aromatic nitrogens is 1. The summed E-state index contributed by atoms with van der Waals surface area (Å²) in [5, 5.41) is 19.4. The molecule has 3 atom stereocenters. The molecule has 11 nitrogen and oxygen atoms in total. The Kier molecular flexibility index (Phi) is 8.67. The van der Waals surface area contributed by atoms with Gasteiger partial charge in [-0.1, -0.05) is 17.4 Å². The summed E-state index contributed by atoms with van der Waals surface area (Å²) in [5.41, 5.74) is 6.70. The van der Waals surface area contributed by atoms with Crippen molar-refractivity contribution in [3.8, 4) is 0 Å². The number of nitrogens with two attached hydrogens (primary N) is 1. The number of hydrogen-bond acceptors (Lipinski definition) is 12. The van der Waals surface area contributed by atoms with Crippen LogP contribution < -0.4 is 45.7 Å². The van der Waals surface area contributed by atoms with Crippen LogP contribution in [0.25, 0.3) is 0 Å². The molecule has 3 N–H and O–H groups in total. The zero-order valence-corrected chi connectivity index (χ0v) is 23.5. The molecule has 34 heavy (non-hydrogen) atoms. The van der Waals surface area contributed by atoms with E-state index in [0.29, 0.717) is 18.8 Å². The van der Waals surface area contributed by atoms with Crippen LogP contribution in [0.5, 0.6) is 0 Å². The molecule has 4 heterocycles. The van der Waals surface area contributed by atoms with Gasteiger partial charge in [0.2, 0.25) is 0 Å². The third-order valence-corrected chi connectivity index (χ3v) is 7.44. The summed E-state index contributed by atoms with van der Waals surface area (Å²) < 4.78 is 11.4. The Hall–Kier alpha value is -1.26. The van der Waals surface area contributed by atoms with Crippen LogP contribution >= 0.6 is 35.3 Å². The molecular weight excluding hydrogens is 513 g/mol. The molecule has 0 spiro atoms. The number of amides is 2. The van der Waals surface area contributed by atoms with Gasteiger partial charge in [-0.25, -0.2) is 4.98 Å². The summed E-state index contributed by atoms with van der Waals surface area (Å²) in [7, 11) is 1.30. The number of β-lactam (4-membered cyclic amide) rings is 1. The largest absolute Gasteiger partial charge is 1.00 e. The van der Waals surface area contributed by atoms with Crippen molar-refractivity contribution >= 4 is 63.0 Å². The normalized spacial score (nSPS) is 25.9. The van der Waals surface area contributed by atoms with Crippen molar-refractivity contribution in [3.63, 3.8) is 0 Å². The summed E-state index contributed by atoms with van der Waals surface area (Å²) in [5.74, 6) is -1.29. The maximum Gasteiger partial charge on any atom is 1.00 e. The fourth-order valence-electron chi connectivity index (χ4n) is 3.87. The van der Waals surface area contributed by atoms with Gasteiger partial charge in [0.25, 0.3) is 11.8 Å². The van der Waals surface area contributed by atoms with Crippen LogP contribution in [0.2, 0.25) is 0 Å². The van der Waals surface area contributed by atoms with Crippen molar-refractivity contribution in [1.29, 1.82) is 0 Å². The number of thiocarbonyl (C=S) groups is 1. The first-order valence-corrected chi connectivity index (χ1v) is 12.3. The van der Waals surface area contributed by atoms with Gasteiger partial charge in [-0.15, -0.1) is 23.1 Å². The minimum atomic E-state index is -0.851. The number of carbonyl (C=O) groups excluding carboxylic acids is 2. The maximum absolute atomic E-state index is 13.0. The van der Waals surface area contributed by atoms with Crippen molar-refractivity contribution < 1.29 is 58.6 Å². The molecular formula is C19H22N5NaO6S3. The van der Waals surface area contributed by atoms with Crippen LogP contribution in [0, 0.1) is 0 Å². The first kappa shape index (κ1) is 27.3. The van der Waals surface area contributed by atoms with E-state index in [9.17, 15) is 14.7 Å². The second-order valence-corrected chi connectivity index (χ2v) is 10.3. The molecule has 0 aromatic carbocycles. The summed E-state index contributed by atoms with van der Waals surface area (Å²) >= 11 is 7.52. The summed E-state index contributed by atoms with van der Waals surface area (Å²) in [4.78, 5) is 35.9. The number of thiazole rings is 1. The fourth-order valence-corrected chi connectivity index (χ4v) is 6.02. The van der Waals surface area contributed by atoms with Gasteiger partial charge < -0.3 is 30.5 Å². The average molecular weight is 536 g/mol. The molecule has 0 saturated carbocycles. The molecule has 1 aromatic rings. The number of anilines is 1. The van der Waals surface area contributed by atoms with E-state index in [1.165, 1.54) is 23.8 Å². The monoisotopic (exact) mass is 535 g/mol. The standard InChI is InChI=1S/C19H23N5O6S3.Na/c1-19(2)29-5-9(30-19)4-8-6-32-16-12(15(26)24(16)13(8)17(27)31)22-14(25)11(23-28-3)10-7-33-18(20)21-10;/h7,9,12,16H,4-6H2,1-3H3,(H2,20,21)(H,22,25)(H,27,31);/q;+1/p-1/b23-11-;/t9?,12?,16-;/m1./s1. The van der Waals surface area contributed by atoms with Crippen LogP contribution in [0.1, 0.15) is 26.0 Å². The van der Waals surface area contributed by atoms with E-state index >= 15 is 0 Å². The minimum absolute atomic E-state index is 0. The molecule has 1 aromatic heterocycles. The summed E-state index contributed by atoms with van der Waals surface area (Å²) in [6.07, 6.45) is 0.194. The van der Waals surface area contributed by atoms with Gasteiger partial charge in [-0.05, 0) is 24.5 Å². The van der Waals surface area contributed by atoms with Crippen molar-refractivity contribution in [2.45, 2.75) is 43.6 Å². The van der Waals surface area contributed by atoms with Crippen LogP contribution in [-0.2, 0) is 23.9 Å². The zero-order valence-electron chi connectivity index (χ0n) is 19.0. The quantitative estimate of drug-likeness (QED) is 0.121. The van der Waals surface area contributed by atoms with E-state index in [-0.39, 0.29) is 57.9 Å². The van der Waals surface area contributed by atoms with E-state index in [0.717, 1.165) is 16.9 Å². The third-order valence-electron chi connectivity index (χ3n) is 5.23. The van der Waals surface area contributed by atoms with Gasteiger partial charge in [0.05, 0.1) is 12.7 Å². The Labute approximate surface area is 231 Å². The number of fused-ring (bicyclic) bond motifs is 1. The van der Waals surface area contributed by atoms with Gasteiger partial charge in [0, 0.05) is 23.3 Å². The number of rotatable bonds is 7. The first-order valence-electron chi connectivity index (χ1n) is 9.94. The SMILES string of the molecule is CO/N=C(\C(=O)NC1C(=O)N2C(C([O-])=S)=C(CC3COC(C)(C)O3)CS[C@H]12)c1csc(N)n1.[Na+]. The zero-order chi connectivity index (χ0) is 23.9. The summed E-state index contributed by atoms with van der Waals surface area (Å²) in [6.45, 7) is 4.03. The van der Waals surface area contributed by atoms with Crippen molar-refractivity contribution in [2.24, 2.45) is 5.16 Å². The van der Waals surface area contributed by atoms with E-state index in [4.69, 9.17) is 32.3 Å². The number of hydrogen-bond donors (Lipinski definition) is 2. The number of nitrogens with one attached hydrogen (secondary N) is 1. The number of nitrogen functional groups attached to an aromatic ring is 1. The molecule has 2 fully saturated rings. The molecule has 2 unspecified atom stereocenters. The Morgan fingerprint density at radius 2 is 2.26 bits per heavy atom. The van der Waals surface area contributed by atoms with Crippen LogP contribution in [-0.4, -0.2) is 75.2 Å². The van der Waals surface area contributed by atoms with Gasteiger partial charge in [0.15, 0.2) is 16.6 Å². The number of ether oxygens (including phenoxy) is 2. The Morgan fingerprint density at radius 3 is 2.82 bits per heavy atom. The molecule has 15 heteroatoms. The number of thioether (sulfide) groups is 1. The van der Waals surface area contributed by atoms with Crippen LogP contribution in [0.3, 0.4) is 0 Å². The molecule has 3 aliphatic heterocycles. The van der Waals surface area contributed by atoms with E-state index < -0.39 is 34.1 Å². The maximum atomic E-state index is 13.0. The van der Waals surface area contributed by atoms with Gasteiger partial charge in [-0.3, -0.25) is 14.5 Å². The molecule has 178 valence electrons. The molecule has 0 radical (unpaired) electrons. The van der Waals surface area contributed by atoms with E-state index in [2.05, 4.69) is 15.5 Å². The predicted octanol–water partition coefficient (Wildman–Crippen LogP) is -3.04. The first-order chi connectivity index (χ1) is 15.6. The van der Waals surface area contributed by atoms with E-state index in [1.807, 2.05) is 13.8 Å². The second kappa shape index (κ2) is 10.8. The van der Waals surface area contributed by atoms with Gasteiger partial charge in [0.1, 0.15) is 24.2 Å². The molecule has 2 saturated heterocycles. The second-order valence-electron chi connectivity index (χ2n) is 7.95. The Bertz CT molecular complexity index is 1060. The van der Waals surface area contributed by atoms with Crippen molar-refractivity contribution in [3.05, 3.63) is 22.3 Å². The molecule has 0 aliphatic carbocycles. The smallest absolute Gasteiger partial charge is 0.863 e. The minimum Gasteiger partial charge on any atom is -0.863 e. The Balaban J connectivity index is 0.00000324. The number of carbonyl (C=O) groups is 2. The van der Waals surface area contributed by atoms with Crippen LogP contribution in [0.4, 0.5) is 5.13 Å². The number of nitrogens with zero attached hydrogens (tertiary/aromatic N) is 3. The third kappa shape index (κ3) is 5.43. The van der Waals surface area contributed by atoms with Gasteiger partial charge in [-0.2, -0.15) is 0 Å². The van der Waals surface area contributed by atoms with Crippen molar-refractivity contribution in [1.82, 2.24) is 15.2 Å². The molecule has 2 amide bonds. The molecule has 0 bridgehead atoms. The summed E-state index contributed by atoms with van der Waals surface area (Å²) in [6, 6.07) is -0.851. The van der Waals surface area contributed by atoms with Gasteiger partial charge >= 0.3 is 29.6 Å². The van der Waals surface area contributed by atoms with Crippen molar-refractivity contribution in [2.75, 3.05) is 25.2 Å².